The van der Waals surface area contributed by atoms with Crippen molar-refractivity contribution in [3.05, 3.63) is 15.4 Å². The van der Waals surface area contributed by atoms with E-state index in [1.54, 1.807) is 0 Å². The molecule has 0 radical (unpaired) electrons. The standard InChI is InChI=1S/C4H2Cl2O3S2/c5-2-1-3(10-4(2)6)11(7,8)9/h1H,(H,7,8,9). The van der Waals surface area contributed by atoms with Gasteiger partial charge in [-0.3, -0.25) is 4.55 Å². The first-order valence-corrected chi connectivity index (χ1v) is 5.35. The third kappa shape index (κ3) is 2.07. The molecular weight excluding hydrogens is 231 g/mol. The third-order valence-electron chi connectivity index (χ3n) is 0.877. The molecule has 11 heavy (non-hydrogen) atoms. The van der Waals surface area contributed by atoms with Gasteiger partial charge in [0.25, 0.3) is 0 Å². The molecule has 0 aromatic carbocycles. The van der Waals surface area contributed by atoms with Gasteiger partial charge < -0.3 is 0 Å². The average molecular weight is 233 g/mol. The number of hydrogen-bond donors (Lipinski definition) is 1. The van der Waals surface area contributed by atoms with E-state index in [1.165, 1.54) is 0 Å². The molecule has 0 saturated carbocycles. The van der Waals surface area contributed by atoms with Crippen molar-refractivity contribution >= 4 is 44.7 Å². The Hall–Kier alpha value is 0.190. The normalized spacial score (nSPS) is 11.9. The Bertz CT molecular complexity index is 347. The summed E-state index contributed by atoms with van der Waals surface area (Å²) < 4.78 is 29.3. The highest BCUT2D eigenvalue weighted by Gasteiger charge is 2.15. The lowest BCUT2D eigenvalue weighted by molar-refractivity contribution is 0.485. The summed E-state index contributed by atoms with van der Waals surface area (Å²) in [4.78, 5) is 0. The minimum atomic E-state index is -4.15. The molecular formula is C4H2Cl2O3S2. The second-order valence-corrected chi connectivity index (χ2v) is 5.37. The van der Waals surface area contributed by atoms with Crippen LogP contribution in [0.15, 0.2) is 10.3 Å². The maximum Gasteiger partial charge on any atom is 0.304 e. The molecule has 0 amide bonds. The van der Waals surface area contributed by atoms with E-state index in [4.69, 9.17) is 27.8 Å². The van der Waals surface area contributed by atoms with Crippen LogP contribution < -0.4 is 0 Å². The fraction of sp³-hybridized carbons (Fsp3) is 0. The first kappa shape index (κ1) is 9.28. The van der Waals surface area contributed by atoms with E-state index in [2.05, 4.69) is 0 Å². The zero-order valence-corrected chi connectivity index (χ0v) is 8.06. The number of halogens is 2. The zero-order chi connectivity index (χ0) is 8.65. The number of rotatable bonds is 1. The molecule has 0 aliphatic heterocycles. The van der Waals surface area contributed by atoms with Crippen LogP contribution in [0, 0.1) is 0 Å². The van der Waals surface area contributed by atoms with Crippen molar-refractivity contribution in [1.29, 1.82) is 0 Å². The van der Waals surface area contributed by atoms with Gasteiger partial charge in [0.2, 0.25) is 0 Å². The summed E-state index contributed by atoms with van der Waals surface area (Å²) in [5.41, 5.74) is 0. The zero-order valence-electron chi connectivity index (χ0n) is 4.91. The first-order valence-electron chi connectivity index (χ1n) is 2.33. The Kier molecular flexibility index (Phi) is 2.46. The summed E-state index contributed by atoms with van der Waals surface area (Å²) in [5, 5.41) is 0.129. The van der Waals surface area contributed by atoms with E-state index in [9.17, 15) is 8.42 Å². The molecule has 3 nitrogen and oxygen atoms in total. The molecule has 0 bridgehead atoms. The SMILES string of the molecule is O=S(=O)(O)c1cc(Cl)c(Cl)s1. The van der Waals surface area contributed by atoms with Crippen LogP contribution in [-0.2, 0) is 10.1 Å². The highest BCUT2D eigenvalue weighted by molar-refractivity contribution is 7.88. The van der Waals surface area contributed by atoms with Crippen molar-refractivity contribution in [2.24, 2.45) is 0 Å². The topological polar surface area (TPSA) is 54.4 Å². The molecule has 0 unspecified atom stereocenters. The van der Waals surface area contributed by atoms with E-state index in [1.807, 2.05) is 0 Å². The molecule has 1 N–H and O–H groups in total. The van der Waals surface area contributed by atoms with Crippen molar-refractivity contribution in [2.75, 3.05) is 0 Å². The fourth-order valence-electron chi connectivity index (χ4n) is 0.454. The van der Waals surface area contributed by atoms with Crippen molar-refractivity contribution in [3.8, 4) is 0 Å². The van der Waals surface area contributed by atoms with E-state index in [0.29, 0.717) is 11.3 Å². The second kappa shape index (κ2) is 2.91. The summed E-state index contributed by atoms with van der Waals surface area (Å²) in [6.07, 6.45) is 0. The Labute approximate surface area is 77.3 Å². The first-order chi connectivity index (χ1) is 4.91. The minimum Gasteiger partial charge on any atom is -0.281 e. The quantitative estimate of drug-likeness (QED) is 0.757. The average Bonchev–Trinajstić information content (AvgIpc) is 2.11. The van der Waals surface area contributed by atoms with Crippen molar-refractivity contribution in [2.45, 2.75) is 4.21 Å². The fourth-order valence-corrected chi connectivity index (χ4v) is 2.70. The van der Waals surface area contributed by atoms with E-state index in [0.717, 1.165) is 6.07 Å². The smallest absolute Gasteiger partial charge is 0.281 e. The van der Waals surface area contributed by atoms with Gasteiger partial charge in [-0.25, -0.2) is 0 Å². The highest BCUT2D eigenvalue weighted by Crippen LogP contribution is 2.33. The lowest BCUT2D eigenvalue weighted by Gasteiger charge is -1.85. The second-order valence-electron chi connectivity index (χ2n) is 1.66. The molecule has 1 heterocycles. The van der Waals surface area contributed by atoms with Crippen molar-refractivity contribution < 1.29 is 13.0 Å². The minimum absolute atomic E-state index is 0.129. The third-order valence-corrected chi connectivity index (χ3v) is 4.05. The van der Waals surface area contributed by atoms with Gasteiger partial charge in [-0.15, -0.1) is 11.3 Å². The Morgan fingerprint density at radius 1 is 1.45 bits per heavy atom. The lowest BCUT2D eigenvalue weighted by Crippen LogP contribution is -1.93. The molecule has 0 spiro atoms. The molecule has 0 aliphatic rings. The van der Waals surface area contributed by atoms with Crippen LogP contribution >= 0.6 is 34.5 Å². The predicted octanol–water partition coefficient (Wildman–Crippen LogP) is 2.30. The van der Waals surface area contributed by atoms with Crippen LogP contribution in [-0.4, -0.2) is 13.0 Å². The largest absolute Gasteiger partial charge is 0.304 e. The summed E-state index contributed by atoms with van der Waals surface area (Å²) in [7, 11) is -4.15. The summed E-state index contributed by atoms with van der Waals surface area (Å²) >= 11 is 11.6. The molecule has 0 saturated heterocycles. The van der Waals surface area contributed by atoms with E-state index >= 15 is 0 Å². The highest BCUT2D eigenvalue weighted by atomic mass is 35.5. The van der Waals surface area contributed by atoms with Crippen LogP contribution in [0.3, 0.4) is 0 Å². The molecule has 1 rings (SSSR count). The van der Waals surface area contributed by atoms with E-state index < -0.39 is 10.1 Å². The molecule has 0 atom stereocenters. The molecule has 1 aromatic rings. The Balaban J connectivity index is 3.29. The van der Waals surface area contributed by atoms with Crippen LogP contribution in [0.1, 0.15) is 0 Å². The van der Waals surface area contributed by atoms with Gasteiger partial charge in [0.15, 0.2) is 0 Å². The van der Waals surface area contributed by atoms with Crippen LogP contribution in [0.4, 0.5) is 0 Å². The molecule has 7 heteroatoms. The summed E-state index contributed by atoms with van der Waals surface area (Å²) in [6.45, 7) is 0. The molecule has 62 valence electrons. The van der Waals surface area contributed by atoms with Gasteiger partial charge in [-0.2, -0.15) is 8.42 Å². The summed E-state index contributed by atoms with van der Waals surface area (Å²) in [6, 6.07) is 1.10. The van der Waals surface area contributed by atoms with E-state index in [-0.39, 0.29) is 13.6 Å². The van der Waals surface area contributed by atoms with Crippen LogP contribution in [0.2, 0.25) is 9.36 Å². The van der Waals surface area contributed by atoms with Crippen molar-refractivity contribution in [3.63, 3.8) is 0 Å². The Morgan fingerprint density at radius 3 is 2.18 bits per heavy atom. The van der Waals surface area contributed by atoms with Crippen molar-refractivity contribution in [1.82, 2.24) is 0 Å². The van der Waals surface area contributed by atoms with Gasteiger partial charge >= 0.3 is 10.1 Å². The van der Waals surface area contributed by atoms with Gasteiger partial charge in [-0.1, -0.05) is 23.2 Å². The van der Waals surface area contributed by atoms with Crippen LogP contribution in [0.5, 0.6) is 0 Å². The summed E-state index contributed by atoms with van der Waals surface area (Å²) in [5.74, 6) is 0. The Morgan fingerprint density at radius 2 is 2.00 bits per heavy atom. The molecule has 0 fully saturated rings. The monoisotopic (exact) mass is 232 g/mol. The molecule has 1 aromatic heterocycles. The van der Waals surface area contributed by atoms with Gasteiger partial charge in [0.05, 0.1) is 5.02 Å². The van der Waals surface area contributed by atoms with Gasteiger partial charge in [0, 0.05) is 0 Å². The molecule has 0 aliphatic carbocycles. The number of hydrogen-bond acceptors (Lipinski definition) is 3. The van der Waals surface area contributed by atoms with Gasteiger partial charge in [-0.05, 0) is 6.07 Å². The van der Waals surface area contributed by atoms with Crippen LogP contribution in [0.25, 0.3) is 0 Å². The maximum absolute atomic E-state index is 10.4. The number of thiophene rings is 1. The van der Waals surface area contributed by atoms with Gasteiger partial charge in [0.1, 0.15) is 8.55 Å². The maximum atomic E-state index is 10.4. The predicted molar refractivity (Wildman–Crippen MR) is 44.2 cm³/mol. The lowest BCUT2D eigenvalue weighted by atomic mass is 10.7.